The predicted molar refractivity (Wildman–Crippen MR) is 117 cm³/mol. The van der Waals surface area contributed by atoms with Gasteiger partial charge in [0.25, 0.3) is 5.91 Å². The second kappa shape index (κ2) is 14.3. The molecule has 2 aromatic carbocycles. The molecular weight excluding hydrogens is 437 g/mol. The Hall–Kier alpha value is -2.67. The minimum absolute atomic E-state index is 0.248. The molecule has 29 heavy (non-hydrogen) atoms. The van der Waals surface area contributed by atoms with Crippen LogP contribution in [0.5, 0.6) is 0 Å². The summed E-state index contributed by atoms with van der Waals surface area (Å²) in [4.78, 5) is 31.3. The molecule has 0 saturated heterocycles. The van der Waals surface area contributed by atoms with Crippen LogP contribution in [0.1, 0.15) is 16.1 Å². The lowest BCUT2D eigenvalue weighted by Crippen LogP contribution is -2.17. The summed E-state index contributed by atoms with van der Waals surface area (Å²) in [6.45, 7) is 5.99. The Bertz CT molecular complexity index is 894. The SMILES string of the molecule is C=O.C=O.CNC(=O)c1cn(-c2cccc(Cl)c2Cl)cn1.Cc1ccccc1Cl. The third-order valence-corrected chi connectivity index (χ3v) is 4.56. The molecule has 0 bridgehead atoms. The summed E-state index contributed by atoms with van der Waals surface area (Å²) in [6.07, 6.45) is 3.11. The van der Waals surface area contributed by atoms with E-state index in [0.29, 0.717) is 21.4 Å². The first-order valence-electron chi connectivity index (χ1n) is 7.93. The highest BCUT2D eigenvalue weighted by atomic mass is 35.5. The van der Waals surface area contributed by atoms with E-state index in [1.807, 2.05) is 44.8 Å². The van der Waals surface area contributed by atoms with Crippen molar-refractivity contribution < 1.29 is 14.4 Å². The van der Waals surface area contributed by atoms with Crippen molar-refractivity contribution >= 4 is 54.3 Å². The monoisotopic (exact) mass is 455 g/mol. The predicted octanol–water partition coefficient (Wildman–Crippen LogP) is 4.82. The molecule has 1 amide bonds. The number of nitrogens with one attached hydrogen (secondary N) is 1. The Morgan fingerprint density at radius 1 is 0.966 bits per heavy atom. The molecule has 3 aromatic rings. The summed E-state index contributed by atoms with van der Waals surface area (Å²) < 4.78 is 1.65. The van der Waals surface area contributed by atoms with Gasteiger partial charge in [-0.3, -0.25) is 4.79 Å². The van der Waals surface area contributed by atoms with Crippen molar-refractivity contribution in [3.63, 3.8) is 0 Å². The van der Waals surface area contributed by atoms with Crippen LogP contribution in [-0.4, -0.2) is 36.1 Å². The maximum absolute atomic E-state index is 11.4. The van der Waals surface area contributed by atoms with Crippen LogP contribution in [0.4, 0.5) is 0 Å². The van der Waals surface area contributed by atoms with Crippen molar-refractivity contribution in [2.75, 3.05) is 7.05 Å². The van der Waals surface area contributed by atoms with E-state index < -0.39 is 0 Å². The molecule has 9 heteroatoms. The Kier molecular flexibility index (Phi) is 13.0. The van der Waals surface area contributed by atoms with Gasteiger partial charge < -0.3 is 19.5 Å². The van der Waals surface area contributed by atoms with Crippen LogP contribution >= 0.6 is 34.8 Å². The zero-order valence-electron chi connectivity index (χ0n) is 15.9. The number of aromatic nitrogens is 2. The van der Waals surface area contributed by atoms with Crippen LogP contribution in [0, 0.1) is 6.92 Å². The molecule has 6 nitrogen and oxygen atoms in total. The van der Waals surface area contributed by atoms with E-state index in [4.69, 9.17) is 44.4 Å². The second-order valence-corrected chi connectivity index (χ2v) is 6.26. The lowest BCUT2D eigenvalue weighted by atomic mass is 10.2. The van der Waals surface area contributed by atoms with Gasteiger partial charge in [0.15, 0.2) is 0 Å². The van der Waals surface area contributed by atoms with E-state index in [-0.39, 0.29) is 5.91 Å². The van der Waals surface area contributed by atoms with E-state index in [1.165, 1.54) is 6.33 Å². The van der Waals surface area contributed by atoms with Crippen molar-refractivity contribution in [1.29, 1.82) is 0 Å². The molecule has 1 N–H and O–H groups in total. The largest absolute Gasteiger partial charge is 0.354 e. The van der Waals surface area contributed by atoms with E-state index >= 15 is 0 Å². The number of rotatable bonds is 2. The molecule has 3 rings (SSSR count). The number of carbonyl (C=O) groups is 3. The maximum atomic E-state index is 11.4. The van der Waals surface area contributed by atoms with Crippen LogP contribution in [0.2, 0.25) is 15.1 Å². The quantitative estimate of drug-likeness (QED) is 0.599. The number of hydrogen-bond donors (Lipinski definition) is 1. The summed E-state index contributed by atoms with van der Waals surface area (Å²) in [6, 6.07) is 13.0. The van der Waals surface area contributed by atoms with E-state index in [1.54, 1.807) is 36.0 Å². The molecule has 0 aliphatic heterocycles. The van der Waals surface area contributed by atoms with Crippen molar-refractivity contribution in [1.82, 2.24) is 14.9 Å². The smallest absolute Gasteiger partial charge is 0.271 e. The van der Waals surface area contributed by atoms with Gasteiger partial charge in [0.2, 0.25) is 0 Å². The maximum Gasteiger partial charge on any atom is 0.271 e. The van der Waals surface area contributed by atoms with Gasteiger partial charge in [-0.25, -0.2) is 4.98 Å². The zero-order valence-corrected chi connectivity index (χ0v) is 18.1. The minimum atomic E-state index is -0.248. The Labute approximate surface area is 184 Å². The molecule has 0 spiro atoms. The molecule has 0 saturated carbocycles. The third kappa shape index (κ3) is 8.07. The molecule has 0 atom stereocenters. The fourth-order valence-corrected chi connectivity index (χ4v) is 2.47. The first-order chi connectivity index (χ1) is 13.9. The number of imidazole rings is 1. The van der Waals surface area contributed by atoms with Gasteiger partial charge in [0.05, 0.1) is 15.7 Å². The zero-order chi connectivity index (χ0) is 22.4. The summed E-state index contributed by atoms with van der Waals surface area (Å²) in [7, 11) is 1.55. The van der Waals surface area contributed by atoms with E-state index in [9.17, 15) is 4.79 Å². The fraction of sp³-hybridized carbons (Fsp3) is 0.100. The van der Waals surface area contributed by atoms with Crippen LogP contribution < -0.4 is 5.32 Å². The molecule has 0 fully saturated rings. The summed E-state index contributed by atoms with van der Waals surface area (Å²) in [5.74, 6) is -0.248. The average molecular weight is 457 g/mol. The fourth-order valence-electron chi connectivity index (χ4n) is 1.94. The number of hydrogen-bond acceptors (Lipinski definition) is 4. The molecule has 1 heterocycles. The van der Waals surface area contributed by atoms with Crippen LogP contribution in [0.15, 0.2) is 55.0 Å². The highest BCUT2D eigenvalue weighted by Crippen LogP contribution is 2.28. The molecular formula is C20H20Cl3N3O3. The van der Waals surface area contributed by atoms with Crippen molar-refractivity contribution in [2.24, 2.45) is 0 Å². The minimum Gasteiger partial charge on any atom is -0.354 e. The van der Waals surface area contributed by atoms with E-state index in [0.717, 1.165) is 10.6 Å². The van der Waals surface area contributed by atoms with Crippen molar-refractivity contribution in [2.45, 2.75) is 6.92 Å². The van der Waals surface area contributed by atoms with Crippen LogP contribution in [0.3, 0.4) is 0 Å². The Balaban J connectivity index is 0.000000547. The highest BCUT2D eigenvalue weighted by Gasteiger charge is 2.10. The first kappa shape index (κ1) is 26.3. The topological polar surface area (TPSA) is 81.1 Å². The summed E-state index contributed by atoms with van der Waals surface area (Å²) in [5, 5.41) is 4.22. The molecule has 0 unspecified atom stereocenters. The second-order valence-electron chi connectivity index (χ2n) is 5.07. The molecule has 0 aliphatic rings. The average Bonchev–Trinajstić information content (AvgIpc) is 3.25. The van der Waals surface area contributed by atoms with Gasteiger partial charge in [-0.05, 0) is 30.7 Å². The lowest BCUT2D eigenvalue weighted by Gasteiger charge is -2.05. The lowest BCUT2D eigenvalue weighted by molar-refractivity contribution is -0.0987. The van der Waals surface area contributed by atoms with Crippen molar-refractivity contribution in [3.05, 3.63) is 81.3 Å². The number of nitrogens with zero attached hydrogens (tertiary/aromatic N) is 2. The summed E-state index contributed by atoms with van der Waals surface area (Å²) in [5.41, 5.74) is 2.14. The number of amides is 1. The van der Waals surface area contributed by atoms with Gasteiger partial charge in [-0.1, -0.05) is 59.1 Å². The number of carbonyl (C=O) groups excluding carboxylic acids is 3. The number of aryl methyl sites for hydroxylation is 1. The molecule has 1 aromatic heterocycles. The third-order valence-electron chi connectivity index (χ3n) is 3.33. The Morgan fingerprint density at radius 2 is 1.55 bits per heavy atom. The number of halogens is 3. The molecule has 0 aliphatic carbocycles. The van der Waals surface area contributed by atoms with Gasteiger partial charge in [-0.2, -0.15) is 0 Å². The van der Waals surface area contributed by atoms with Gasteiger partial charge in [0, 0.05) is 18.3 Å². The summed E-state index contributed by atoms with van der Waals surface area (Å²) >= 11 is 17.7. The van der Waals surface area contributed by atoms with E-state index in [2.05, 4.69) is 10.3 Å². The normalized spacial score (nSPS) is 8.86. The Morgan fingerprint density at radius 3 is 2.07 bits per heavy atom. The molecule has 154 valence electrons. The van der Waals surface area contributed by atoms with Crippen LogP contribution in [0.25, 0.3) is 5.69 Å². The van der Waals surface area contributed by atoms with Gasteiger partial charge in [-0.15, -0.1) is 0 Å². The standard InChI is InChI=1S/C11H9Cl2N3O.C7H7Cl.2CH2O/c1-14-11(17)8-5-16(6-15-8)9-4-2-3-7(12)10(9)13;1-6-4-2-3-5-7(6)8;2*1-2/h2-6H,1H3,(H,14,17);2-5H,1H3;2*1H2. The first-order valence-corrected chi connectivity index (χ1v) is 9.06. The number of benzene rings is 2. The van der Waals surface area contributed by atoms with Gasteiger partial charge in [0.1, 0.15) is 25.6 Å². The van der Waals surface area contributed by atoms with Crippen LogP contribution in [-0.2, 0) is 9.59 Å². The van der Waals surface area contributed by atoms with Crippen molar-refractivity contribution in [3.8, 4) is 5.69 Å². The molecule has 0 radical (unpaired) electrons. The highest BCUT2D eigenvalue weighted by molar-refractivity contribution is 6.43. The van der Waals surface area contributed by atoms with Gasteiger partial charge >= 0.3 is 0 Å².